The van der Waals surface area contributed by atoms with Crippen LogP contribution < -0.4 is 0 Å². The highest BCUT2D eigenvalue weighted by Gasteiger charge is 2.17. The molecular weight excluding hydrogens is 238 g/mol. The Hall–Kier alpha value is -1.89. The van der Waals surface area contributed by atoms with Crippen molar-refractivity contribution in [2.45, 2.75) is 0 Å². The molecule has 0 aliphatic rings. The maximum absolute atomic E-state index is 12.9. The lowest BCUT2D eigenvalue weighted by atomic mass is 10.1. The molecule has 0 radical (unpaired) electrons. The molecule has 0 atom stereocenters. The molecule has 1 heterocycles. The zero-order valence-corrected chi connectivity index (χ0v) is 8.46. The van der Waals surface area contributed by atoms with E-state index in [1.807, 2.05) is 0 Å². The number of hydrogen-bond donors (Lipinski definition) is 1. The van der Waals surface area contributed by atoms with E-state index in [9.17, 15) is 13.6 Å². The lowest BCUT2D eigenvalue weighted by molar-refractivity contribution is 0.0702. The lowest BCUT2D eigenvalue weighted by Crippen LogP contribution is -1.96. The fourth-order valence-electron chi connectivity index (χ4n) is 1.16. The van der Waals surface area contributed by atoms with Gasteiger partial charge in [-0.1, -0.05) is 4.49 Å². The number of carboxylic acids is 1. The molecule has 1 aromatic heterocycles. The summed E-state index contributed by atoms with van der Waals surface area (Å²) in [6, 6.07) is 3.05. The third-order valence-electron chi connectivity index (χ3n) is 1.88. The Balaban J connectivity index is 2.54. The largest absolute Gasteiger partial charge is 0.477 e. The van der Waals surface area contributed by atoms with Crippen molar-refractivity contribution in [3.8, 4) is 11.3 Å². The number of halogens is 2. The van der Waals surface area contributed by atoms with E-state index in [2.05, 4.69) is 9.59 Å². The zero-order chi connectivity index (χ0) is 11.7. The van der Waals surface area contributed by atoms with Gasteiger partial charge >= 0.3 is 5.97 Å². The normalized spacial score (nSPS) is 10.4. The molecule has 0 saturated carbocycles. The number of carbonyl (C=O) groups is 1. The quantitative estimate of drug-likeness (QED) is 0.876. The number of benzene rings is 1. The van der Waals surface area contributed by atoms with Crippen LogP contribution in [0.5, 0.6) is 0 Å². The summed E-state index contributed by atoms with van der Waals surface area (Å²) in [4.78, 5) is 10.7. The average Bonchev–Trinajstić information content (AvgIpc) is 2.71. The van der Waals surface area contributed by atoms with Crippen molar-refractivity contribution in [2.24, 2.45) is 0 Å². The first-order chi connectivity index (χ1) is 7.59. The number of carboxylic acid groups (broad SMARTS) is 1. The second kappa shape index (κ2) is 3.93. The van der Waals surface area contributed by atoms with Crippen LogP contribution in [0.15, 0.2) is 18.2 Å². The standard InChI is InChI=1S/C9H4F2N2O2S/c10-5-2-1-4(3-6(5)11)7-8(9(14)15)16-13-12-7/h1-3H,(H,14,15). The van der Waals surface area contributed by atoms with E-state index in [0.29, 0.717) is 11.5 Å². The third kappa shape index (κ3) is 1.76. The molecule has 0 aliphatic heterocycles. The first-order valence-corrected chi connectivity index (χ1v) is 4.88. The van der Waals surface area contributed by atoms with Gasteiger partial charge in [-0.05, 0) is 29.7 Å². The molecule has 2 rings (SSSR count). The SMILES string of the molecule is O=C(O)c1snnc1-c1ccc(F)c(F)c1. The van der Waals surface area contributed by atoms with Gasteiger partial charge in [0.15, 0.2) is 16.5 Å². The molecular formula is C9H4F2N2O2S. The van der Waals surface area contributed by atoms with E-state index >= 15 is 0 Å². The fourth-order valence-corrected chi connectivity index (χ4v) is 1.69. The minimum Gasteiger partial charge on any atom is -0.477 e. The second-order valence-corrected chi connectivity index (χ2v) is 3.64. The number of aromatic carboxylic acids is 1. The summed E-state index contributed by atoms with van der Waals surface area (Å²) < 4.78 is 29.1. The molecule has 4 nitrogen and oxygen atoms in total. The van der Waals surface area contributed by atoms with E-state index < -0.39 is 17.6 Å². The summed E-state index contributed by atoms with van der Waals surface area (Å²) in [6.07, 6.45) is 0. The van der Waals surface area contributed by atoms with Gasteiger partial charge in [0.25, 0.3) is 0 Å². The van der Waals surface area contributed by atoms with Gasteiger partial charge in [-0.25, -0.2) is 13.6 Å². The van der Waals surface area contributed by atoms with Crippen molar-refractivity contribution in [3.05, 3.63) is 34.7 Å². The molecule has 0 amide bonds. The van der Waals surface area contributed by atoms with Crippen LogP contribution in [0.3, 0.4) is 0 Å². The molecule has 7 heteroatoms. The molecule has 16 heavy (non-hydrogen) atoms. The van der Waals surface area contributed by atoms with Gasteiger partial charge in [0, 0.05) is 5.56 Å². The predicted octanol–water partition coefficient (Wildman–Crippen LogP) is 2.18. The molecule has 0 aliphatic carbocycles. The Morgan fingerprint density at radius 2 is 2.06 bits per heavy atom. The van der Waals surface area contributed by atoms with Crippen LogP contribution in [-0.4, -0.2) is 20.7 Å². The maximum atomic E-state index is 12.9. The minimum absolute atomic E-state index is 0.0383. The van der Waals surface area contributed by atoms with Gasteiger partial charge in [-0.2, -0.15) is 0 Å². The number of aromatic nitrogens is 2. The van der Waals surface area contributed by atoms with E-state index in [1.165, 1.54) is 6.07 Å². The van der Waals surface area contributed by atoms with Gasteiger partial charge in [0.2, 0.25) is 0 Å². The molecule has 1 N–H and O–H groups in total. The fraction of sp³-hybridized carbons (Fsp3) is 0. The molecule has 0 unspecified atom stereocenters. The highest BCUT2D eigenvalue weighted by Crippen LogP contribution is 2.25. The van der Waals surface area contributed by atoms with Crippen molar-refractivity contribution >= 4 is 17.5 Å². The summed E-state index contributed by atoms with van der Waals surface area (Å²) in [5, 5.41) is 12.4. The summed E-state index contributed by atoms with van der Waals surface area (Å²) in [7, 11) is 0. The second-order valence-electron chi connectivity index (χ2n) is 2.88. The zero-order valence-electron chi connectivity index (χ0n) is 7.65. The van der Waals surface area contributed by atoms with Gasteiger partial charge in [-0.15, -0.1) is 5.10 Å². The van der Waals surface area contributed by atoms with E-state index in [1.54, 1.807) is 0 Å². The first kappa shape index (κ1) is 10.6. The van der Waals surface area contributed by atoms with Crippen molar-refractivity contribution in [3.63, 3.8) is 0 Å². The average molecular weight is 242 g/mol. The third-order valence-corrected chi connectivity index (χ3v) is 2.59. The maximum Gasteiger partial charge on any atom is 0.349 e. The number of hydrogen-bond acceptors (Lipinski definition) is 4. The van der Waals surface area contributed by atoms with Gasteiger partial charge in [0.05, 0.1) is 0 Å². The van der Waals surface area contributed by atoms with E-state index in [4.69, 9.17) is 5.11 Å². The van der Waals surface area contributed by atoms with Gasteiger partial charge < -0.3 is 5.11 Å². The highest BCUT2D eigenvalue weighted by molar-refractivity contribution is 7.08. The molecule has 82 valence electrons. The Kier molecular flexibility index (Phi) is 2.61. The summed E-state index contributed by atoms with van der Waals surface area (Å²) in [5.41, 5.74) is 0.224. The molecule has 0 saturated heterocycles. The van der Waals surface area contributed by atoms with Gasteiger partial charge in [-0.3, -0.25) is 0 Å². The summed E-state index contributed by atoms with van der Waals surface area (Å²) in [5.74, 6) is -3.25. The molecule has 0 fully saturated rings. The Morgan fingerprint density at radius 1 is 1.31 bits per heavy atom. The molecule has 0 spiro atoms. The lowest BCUT2D eigenvalue weighted by Gasteiger charge is -1.98. The van der Waals surface area contributed by atoms with Crippen molar-refractivity contribution < 1.29 is 18.7 Å². The molecule has 0 bridgehead atoms. The Morgan fingerprint density at radius 3 is 2.69 bits per heavy atom. The van der Waals surface area contributed by atoms with Crippen molar-refractivity contribution in [2.75, 3.05) is 0 Å². The summed E-state index contributed by atoms with van der Waals surface area (Å²) >= 11 is 0.686. The Bertz CT molecular complexity index is 556. The van der Waals surface area contributed by atoms with Crippen LogP contribution in [0.25, 0.3) is 11.3 Å². The predicted molar refractivity (Wildman–Crippen MR) is 52.2 cm³/mol. The van der Waals surface area contributed by atoms with Crippen molar-refractivity contribution in [1.29, 1.82) is 0 Å². The first-order valence-electron chi connectivity index (χ1n) is 4.10. The van der Waals surface area contributed by atoms with Gasteiger partial charge in [0.1, 0.15) is 5.69 Å². The van der Waals surface area contributed by atoms with Crippen LogP contribution >= 0.6 is 11.5 Å². The highest BCUT2D eigenvalue weighted by atomic mass is 32.1. The number of rotatable bonds is 2. The van der Waals surface area contributed by atoms with Crippen LogP contribution in [0.4, 0.5) is 8.78 Å². The summed E-state index contributed by atoms with van der Waals surface area (Å²) in [6.45, 7) is 0. The van der Waals surface area contributed by atoms with Crippen molar-refractivity contribution in [1.82, 2.24) is 9.59 Å². The molecule has 1 aromatic carbocycles. The topological polar surface area (TPSA) is 63.1 Å². The van der Waals surface area contributed by atoms with Crippen LogP contribution in [0.1, 0.15) is 9.67 Å². The van der Waals surface area contributed by atoms with E-state index in [0.717, 1.165) is 12.1 Å². The minimum atomic E-state index is -1.20. The van der Waals surface area contributed by atoms with E-state index in [-0.39, 0.29) is 16.1 Å². The number of nitrogens with zero attached hydrogens (tertiary/aromatic N) is 2. The van der Waals surface area contributed by atoms with Crippen LogP contribution in [0.2, 0.25) is 0 Å². The van der Waals surface area contributed by atoms with Crippen LogP contribution in [-0.2, 0) is 0 Å². The monoisotopic (exact) mass is 242 g/mol. The smallest absolute Gasteiger partial charge is 0.349 e. The molecule has 2 aromatic rings. The Labute approximate surface area is 92.3 Å². The van der Waals surface area contributed by atoms with Crippen LogP contribution in [0, 0.1) is 11.6 Å².